The van der Waals surface area contributed by atoms with Crippen molar-refractivity contribution in [2.24, 2.45) is 0 Å². The van der Waals surface area contributed by atoms with Crippen molar-refractivity contribution >= 4 is 11.5 Å². The van der Waals surface area contributed by atoms with Crippen LogP contribution in [0.3, 0.4) is 0 Å². The van der Waals surface area contributed by atoms with Gasteiger partial charge < -0.3 is 5.32 Å². The first-order valence-electron chi connectivity index (χ1n) is 9.21. The van der Waals surface area contributed by atoms with Gasteiger partial charge in [0.2, 0.25) is 0 Å². The zero-order chi connectivity index (χ0) is 23.3. The summed E-state index contributed by atoms with van der Waals surface area (Å²) in [7, 11) is 1.31. The van der Waals surface area contributed by atoms with Gasteiger partial charge in [-0.1, -0.05) is 13.0 Å². The molecule has 0 saturated heterocycles. The van der Waals surface area contributed by atoms with E-state index in [-0.39, 0.29) is 17.7 Å². The highest BCUT2D eigenvalue weighted by molar-refractivity contribution is 6.20. The van der Waals surface area contributed by atoms with Gasteiger partial charge in [0.05, 0.1) is 12.9 Å². The average Bonchev–Trinajstić information content (AvgIpc) is 2.70. The number of allylic oxidation sites excluding steroid dienone is 3. The van der Waals surface area contributed by atoms with E-state index in [9.17, 15) is 31.5 Å². The highest BCUT2D eigenvalue weighted by atomic mass is 19.4. The summed E-state index contributed by atoms with van der Waals surface area (Å²) in [5.41, 5.74) is -2.93. The monoisotopic (exact) mass is 441 g/mol. The number of rotatable bonds is 6. The maximum atomic E-state index is 14.3. The molecule has 1 heterocycles. The molecule has 1 N–H and O–H groups in total. The van der Waals surface area contributed by atoms with Gasteiger partial charge in [-0.2, -0.15) is 13.2 Å². The zero-order valence-electron chi connectivity index (χ0n) is 17.0. The maximum Gasteiger partial charge on any atom is 0.433 e. The number of benzene rings is 1. The maximum absolute atomic E-state index is 14.3. The predicted octanol–water partition coefficient (Wildman–Crippen LogP) is 4.01. The van der Waals surface area contributed by atoms with Crippen molar-refractivity contribution in [1.29, 1.82) is 0 Å². The highest BCUT2D eigenvalue weighted by Gasteiger charge is 2.35. The van der Waals surface area contributed by atoms with Crippen molar-refractivity contribution in [2.75, 3.05) is 7.05 Å². The van der Waals surface area contributed by atoms with Crippen LogP contribution in [0.4, 0.5) is 22.0 Å². The van der Waals surface area contributed by atoms with Crippen LogP contribution >= 0.6 is 0 Å². The minimum Gasteiger partial charge on any atom is -0.355 e. The summed E-state index contributed by atoms with van der Waals surface area (Å²) in [4.78, 5) is 28.1. The van der Waals surface area contributed by atoms with E-state index >= 15 is 0 Å². The molecular formula is C21H20F5N3O2. The van der Waals surface area contributed by atoms with Crippen LogP contribution < -0.4 is 10.9 Å². The number of carbonyl (C=O) groups is 1. The minimum atomic E-state index is -4.77. The van der Waals surface area contributed by atoms with Gasteiger partial charge in [0.25, 0.3) is 11.5 Å². The molecule has 166 valence electrons. The Labute approximate surface area is 174 Å². The second-order valence-corrected chi connectivity index (χ2v) is 6.60. The smallest absolute Gasteiger partial charge is 0.355 e. The van der Waals surface area contributed by atoms with Crippen LogP contribution in [0.2, 0.25) is 0 Å². The molecule has 1 aromatic carbocycles. The van der Waals surface area contributed by atoms with Crippen molar-refractivity contribution in [3.8, 4) is 0 Å². The largest absolute Gasteiger partial charge is 0.433 e. The lowest BCUT2D eigenvalue weighted by molar-refractivity contribution is -0.141. The predicted molar refractivity (Wildman–Crippen MR) is 105 cm³/mol. The van der Waals surface area contributed by atoms with Crippen molar-refractivity contribution in [2.45, 2.75) is 33.0 Å². The SMILES string of the molecule is CC/C=C(/C=C(\C(=O)NC)c1cc(F)ccc1F)Cn1cnc(C(F)(F)F)c(C)c1=O. The molecule has 0 unspecified atom stereocenters. The Hall–Kier alpha value is -3.30. The first kappa shape index (κ1) is 24.0. The van der Waals surface area contributed by atoms with E-state index in [1.54, 1.807) is 13.0 Å². The van der Waals surface area contributed by atoms with Crippen LogP contribution in [0.15, 0.2) is 47.0 Å². The molecule has 0 aliphatic carbocycles. The molecule has 0 radical (unpaired) electrons. The molecule has 0 saturated carbocycles. The zero-order valence-corrected chi connectivity index (χ0v) is 17.0. The van der Waals surface area contributed by atoms with E-state index in [1.165, 1.54) is 13.1 Å². The van der Waals surface area contributed by atoms with Gasteiger partial charge in [0, 0.05) is 23.7 Å². The van der Waals surface area contributed by atoms with Gasteiger partial charge in [-0.05, 0) is 43.2 Å². The number of alkyl halides is 3. The van der Waals surface area contributed by atoms with Crippen molar-refractivity contribution in [3.63, 3.8) is 0 Å². The van der Waals surface area contributed by atoms with Crippen LogP contribution in [0.25, 0.3) is 5.57 Å². The summed E-state index contributed by atoms with van der Waals surface area (Å²) in [6.07, 6.45) is -0.692. The lowest BCUT2D eigenvalue weighted by atomic mass is 10.0. The fraction of sp³-hybridized carbons (Fsp3) is 0.286. The second-order valence-electron chi connectivity index (χ2n) is 6.60. The van der Waals surface area contributed by atoms with Gasteiger partial charge in [-0.25, -0.2) is 13.8 Å². The number of hydrogen-bond donors (Lipinski definition) is 1. The molecular weight excluding hydrogens is 421 g/mol. The third-order valence-electron chi connectivity index (χ3n) is 4.37. The second kappa shape index (κ2) is 9.67. The Balaban J connectivity index is 2.57. The topological polar surface area (TPSA) is 64.0 Å². The molecule has 2 rings (SSSR count). The molecule has 0 aliphatic rings. The van der Waals surface area contributed by atoms with Crippen molar-refractivity contribution < 1.29 is 26.7 Å². The van der Waals surface area contributed by atoms with Gasteiger partial charge in [0.1, 0.15) is 11.6 Å². The summed E-state index contributed by atoms with van der Waals surface area (Å²) in [5.74, 6) is -2.30. The van der Waals surface area contributed by atoms with Gasteiger partial charge >= 0.3 is 6.18 Å². The number of nitrogens with one attached hydrogen (secondary N) is 1. The van der Waals surface area contributed by atoms with E-state index in [4.69, 9.17) is 0 Å². The Bertz CT molecular complexity index is 1100. The number of nitrogens with zero attached hydrogens (tertiary/aromatic N) is 2. The van der Waals surface area contributed by atoms with Crippen molar-refractivity contribution in [1.82, 2.24) is 14.9 Å². The van der Waals surface area contributed by atoms with Crippen LogP contribution in [-0.4, -0.2) is 22.5 Å². The van der Waals surface area contributed by atoms with Crippen LogP contribution in [0.5, 0.6) is 0 Å². The molecule has 31 heavy (non-hydrogen) atoms. The van der Waals surface area contributed by atoms with Crippen LogP contribution in [0, 0.1) is 18.6 Å². The molecule has 2 aromatic rings. The molecule has 10 heteroatoms. The molecule has 0 fully saturated rings. The molecule has 0 aliphatic heterocycles. The van der Waals surface area contributed by atoms with Gasteiger partial charge in [0.15, 0.2) is 5.69 Å². The third kappa shape index (κ3) is 5.65. The molecule has 1 amide bonds. The minimum absolute atomic E-state index is 0.205. The van der Waals surface area contributed by atoms with E-state index in [2.05, 4.69) is 10.3 Å². The average molecular weight is 441 g/mol. The Morgan fingerprint density at radius 3 is 2.52 bits per heavy atom. The van der Waals surface area contributed by atoms with E-state index in [1.807, 2.05) is 0 Å². The fourth-order valence-electron chi connectivity index (χ4n) is 2.91. The molecule has 0 spiro atoms. The summed E-state index contributed by atoms with van der Waals surface area (Å²) < 4.78 is 67.8. The fourth-order valence-corrected chi connectivity index (χ4v) is 2.91. The van der Waals surface area contributed by atoms with Crippen LogP contribution in [-0.2, 0) is 17.5 Å². The van der Waals surface area contributed by atoms with E-state index in [0.717, 1.165) is 36.0 Å². The normalized spacial score (nSPS) is 12.8. The first-order chi connectivity index (χ1) is 14.5. The lowest BCUT2D eigenvalue weighted by Gasteiger charge is -2.14. The number of likely N-dealkylation sites (N-methyl/N-ethyl adjacent to an activating group) is 1. The number of halogens is 5. The third-order valence-corrected chi connectivity index (χ3v) is 4.37. The Morgan fingerprint density at radius 2 is 1.94 bits per heavy atom. The Kier molecular flexibility index (Phi) is 7.48. The lowest BCUT2D eigenvalue weighted by Crippen LogP contribution is -2.28. The molecule has 0 atom stereocenters. The number of hydrogen-bond acceptors (Lipinski definition) is 3. The summed E-state index contributed by atoms with van der Waals surface area (Å²) in [5, 5.41) is 2.34. The van der Waals surface area contributed by atoms with Crippen LogP contribution in [0.1, 0.15) is 30.2 Å². The number of amides is 1. The molecule has 1 aromatic heterocycles. The quantitative estimate of drug-likeness (QED) is 0.419. The number of aromatic nitrogens is 2. The van der Waals surface area contributed by atoms with Gasteiger partial charge in [-0.3, -0.25) is 14.2 Å². The molecule has 0 bridgehead atoms. The number of carbonyl (C=O) groups excluding carboxylic acids is 1. The van der Waals surface area contributed by atoms with Crippen molar-refractivity contribution in [3.05, 3.63) is 81.1 Å². The molecule has 5 nitrogen and oxygen atoms in total. The van der Waals surface area contributed by atoms with E-state index in [0.29, 0.717) is 12.0 Å². The first-order valence-corrected chi connectivity index (χ1v) is 9.21. The standard InChI is InChI=1S/C21H20F5N3O2/c1-4-5-13(10-29-11-28-18(21(24,25)26)12(2)20(29)31)8-16(19(30)27-3)15-9-14(22)6-7-17(15)23/h5-9,11H,4,10H2,1-3H3,(H,27,30)/b13-5-,16-8-. The summed E-state index contributed by atoms with van der Waals surface area (Å²) in [6.45, 7) is 2.55. The highest BCUT2D eigenvalue weighted by Crippen LogP contribution is 2.28. The van der Waals surface area contributed by atoms with Gasteiger partial charge in [-0.15, -0.1) is 0 Å². The summed E-state index contributed by atoms with van der Waals surface area (Å²) in [6, 6.07) is 2.63. The van der Waals surface area contributed by atoms with E-state index < -0.39 is 40.5 Å². The summed E-state index contributed by atoms with van der Waals surface area (Å²) >= 11 is 0. The Morgan fingerprint density at radius 1 is 1.26 bits per heavy atom.